The highest BCUT2D eigenvalue weighted by Gasteiger charge is 2.14. The van der Waals surface area contributed by atoms with Crippen LogP contribution in [-0.4, -0.2) is 38.1 Å². The molecule has 1 aliphatic rings. The number of rotatable bonds is 4. The SMILES string of the molecule is CN1CCN(c2cc[c]c(OCc3ccccc3)c2)CC1. The predicted molar refractivity (Wildman–Crippen MR) is 85.8 cm³/mol. The summed E-state index contributed by atoms with van der Waals surface area (Å²) in [5.74, 6) is 0.815. The van der Waals surface area contributed by atoms with Gasteiger partial charge in [0.25, 0.3) is 0 Å². The molecule has 0 unspecified atom stereocenters. The number of anilines is 1. The van der Waals surface area contributed by atoms with Gasteiger partial charge in [0.2, 0.25) is 0 Å². The normalized spacial score (nSPS) is 16.0. The predicted octanol–water partition coefficient (Wildman–Crippen LogP) is 2.82. The fourth-order valence-electron chi connectivity index (χ4n) is 2.51. The van der Waals surface area contributed by atoms with Crippen LogP contribution in [0.5, 0.6) is 5.75 Å². The van der Waals surface area contributed by atoms with Crippen LogP contribution in [0.2, 0.25) is 0 Å². The van der Waals surface area contributed by atoms with Gasteiger partial charge in [-0.05, 0) is 24.7 Å². The van der Waals surface area contributed by atoms with Crippen molar-refractivity contribution in [1.29, 1.82) is 0 Å². The van der Waals surface area contributed by atoms with Crippen LogP contribution in [0.25, 0.3) is 0 Å². The Kier molecular flexibility index (Phi) is 4.41. The van der Waals surface area contributed by atoms with E-state index in [1.165, 1.54) is 11.3 Å². The van der Waals surface area contributed by atoms with E-state index in [0.717, 1.165) is 31.9 Å². The van der Waals surface area contributed by atoms with Crippen LogP contribution in [-0.2, 0) is 6.61 Å². The third-order valence-electron chi connectivity index (χ3n) is 3.86. The second kappa shape index (κ2) is 6.64. The lowest BCUT2D eigenvalue weighted by Gasteiger charge is -2.34. The zero-order valence-electron chi connectivity index (χ0n) is 12.5. The van der Waals surface area contributed by atoms with E-state index in [0.29, 0.717) is 6.61 Å². The van der Waals surface area contributed by atoms with Crippen LogP contribution in [0, 0.1) is 6.07 Å². The van der Waals surface area contributed by atoms with E-state index in [1.807, 2.05) is 24.3 Å². The molecule has 0 aromatic heterocycles. The largest absolute Gasteiger partial charge is 0.488 e. The lowest BCUT2D eigenvalue weighted by Crippen LogP contribution is -2.44. The molecule has 3 nitrogen and oxygen atoms in total. The summed E-state index contributed by atoms with van der Waals surface area (Å²) in [4.78, 5) is 4.77. The number of piperazine rings is 1. The first kappa shape index (κ1) is 14.0. The maximum atomic E-state index is 5.85. The van der Waals surface area contributed by atoms with E-state index in [-0.39, 0.29) is 0 Å². The van der Waals surface area contributed by atoms with Gasteiger partial charge in [0.15, 0.2) is 0 Å². The number of hydrogen-bond donors (Lipinski definition) is 0. The quantitative estimate of drug-likeness (QED) is 0.857. The second-order valence-corrected chi connectivity index (χ2v) is 5.48. The Morgan fingerprint density at radius 3 is 2.57 bits per heavy atom. The van der Waals surface area contributed by atoms with Gasteiger partial charge in [-0.25, -0.2) is 0 Å². The summed E-state index contributed by atoms with van der Waals surface area (Å²) in [5.41, 5.74) is 2.40. The molecule has 1 aliphatic heterocycles. The van der Waals surface area contributed by atoms with E-state index in [4.69, 9.17) is 4.74 Å². The molecule has 0 atom stereocenters. The fourth-order valence-corrected chi connectivity index (χ4v) is 2.51. The summed E-state index contributed by atoms with van der Waals surface area (Å²) < 4.78 is 5.85. The van der Waals surface area contributed by atoms with Gasteiger partial charge < -0.3 is 14.5 Å². The minimum Gasteiger partial charge on any atom is -0.488 e. The zero-order chi connectivity index (χ0) is 14.5. The van der Waals surface area contributed by atoms with Crippen LogP contribution in [0.15, 0.2) is 48.5 Å². The minimum absolute atomic E-state index is 0.587. The van der Waals surface area contributed by atoms with Gasteiger partial charge in [0, 0.05) is 44.0 Å². The molecule has 0 N–H and O–H groups in total. The molecule has 1 fully saturated rings. The lowest BCUT2D eigenvalue weighted by molar-refractivity contribution is 0.303. The maximum Gasteiger partial charge on any atom is 0.129 e. The topological polar surface area (TPSA) is 15.7 Å². The second-order valence-electron chi connectivity index (χ2n) is 5.48. The Morgan fingerprint density at radius 1 is 1.05 bits per heavy atom. The van der Waals surface area contributed by atoms with E-state index in [1.54, 1.807) is 0 Å². The lowest BCUT2D eigenvalue weighted by atomic mass is 10.2. The molecule has 0 saturated carbocycles. The van der Waals surface area contributed by atoms with Gasteiger partial charge in [-0.1, -0.05) is 30.3 Å². The molecule has 0 aliphatic carbocycles. The Balaban J connectivity index is 1.63. The van der Waals surface area contributed by atoms with Crippen LogP contribution in [0.1, 0.15) is 5.56 Å². The number of hydrogen-bond acceptors (Lipinski definition) is 3. The Labute approximate surface area is 126 Å². The first-order valence-electron chi connectivity index (χ1n) is 7.43. The van der Waals surface area contributed by atoms with Gasteiger partial charge in [0.05, 0.1) is 0 Å². The molecule has 0 bridgehead atoms. The van der Waals surface area contributed by atoms with Gasteiger partial charge in [-0.15, -0.1) is 0 Å². The average Bonchev–Trinajstić information content (AvgIpc) is 2.55. The van der Waals surface area contributed by atoms with Crippen molar-refractivity contribution < 1.29 is 4.74 Å². The molecule has 0 spiro atoms. The number of ether oxygens (including phenoxy) is 1. The highest BCUT2D eigenvalue weighted by atomic mass is 16.5. The average molecular weight is 281 g/mol. The highest BCUT2D eigenvalue weighted by Crippen LogP contribution is 2.22. The van der Waals surface area contributed by atoms with E-state index < -0.39 is 0 Å². The molecule has 1 radical (unpaired) electrons. The summed E-state index contributed by atoms with van der Waals surface area (Å²) in [5, 5.41) is 0. The van der Waals surface area contributed by atoms with Crippen molar-refractivity contribution in [2.45, 2.75) is 6.61 Å². The van der Waals surface area contributed by atoms with Crippen LogP contribution >= 0.6 is 0 Å². The fraction of sp³-hybridized carbons (Fsp3) is 0.333. The molecular formula is C18H21N2O. The van der Waals surface area contributed by atoms with Crippen LogP contribution in [0.4, 0.5) is 5.69 Å². The number of benzene rings is 2. The highest BCUT2D eigenvalue weighted by molar-refractivity contribution is 5.50. The molecule has 109 valence electrons. The third-order valence-corrected chi connectivity index (χ3v) is 3.86. The van der Waals surface area contributed by atoms with Crippen molar-refractivity contribution in [2.75, 3.05) is 38.1 Å². The Bertz CT molecular complexity index is 562. The monoisotopic (exact) mass is 281 g/mol. The molecule has 21 heavy (non-hydrogen) atoms. The van der Waals surface area contributed by atoms with Crippen molar-refractivity contribution in [2.24, 2.45) is 0 Å². The maximum absolute atomic E-state index is 5.85. The molecule has 3 rings (SSSR count). The first-order valence-corrected chi connectivity index (χ1v) is 7.43. The van der Waals surface area contributed by atoms with Crippen molar-refractivity contribution in [3.63, 3.8) is 0 Å². The van der Waals surface area contributed by atoms with Crippen LogP contribution < -0.4 is 9.64 Å². The van der Waals surface area contributed by atoms with Crippen molar-refractivity contribution in [3.8, 4) is 5.75 Å². The number of nitrogens with zero attached hydrogens (tertiary/aromatic N) is 2. The van der Waals surface area contributed by atoms with Crippen molar-refractivity contribution in [1.82, 2.24) is 4.90 Å². The van der Waals surface area contributed by atoms with Gasteiger partial charge in [-0.3, -0.25) is 0 Å². The number of likely N-dealkylation sites (N-methyl/N-ethyl adjacent to an activating group) is 1. The first-order chi connectivity index (χ1) is 10.3. The Hall–Kier alpha value is -2.00. The summed E-state index contributed by atoms with van der Waals surface area (Å²) in [6, 6.07) is 19.5. The van der Waals surface area contributed by atoms with Crippen molar-refractivity contribution in [3.05, 3.63) is 60.2 Å². The van der Waals surface area contributed by atoms with Crippen molar-refractivity contribution >= 4 is 5.69 Å². The summed E-state index contributed by atoms with van der Waals surface area (Å²) in [7, 11) is 2.17. The van der Waals surface area contributed by atoms with Gasteiger partial charge in [0.1, 0.15) is 12.4 Å². The van der Waals surface area contributed by atoms with Gasteiger partial charge >= 0.3 is 0 Å². The Morgan fingerprint density at radius 2 is 1.81 bits per heavy atom. The summed E-state index contributed by atoms with van der Waals surface area (Å²) in [6.07, 6.45) is 0. The zero-order valence-corrected chi connectivity index (χ0v) is 12.5. The standard InChI is InChI=1S/C18H21N2O/c1-19-10-12-20(13-11-19)17-8-5-9-18(14-17)21-15-16-6-3-2-4-7-16/h2-8,14H,10-13,15H2,1H3. The molecule has 1 saturated heterocycles. The van der Waals surface area contributed by atoms with E-state index >= 15 is 0 Å². The minimum atomic E-state index is 0.587. The third kappa shape index (κ3) is 3.76. The smallest absolute Gasteiger partial charge is 0.129 e. The molecule has 2 aromatic rings. The molecule has 2 aromatic carbocycles. The molecule has 3 heteroatoms. The van der Waals surface area contributed by atoms with E-state index in [2.05, 4.69) is 47.2 Å². The molecule has 1 heterocycles. The molecular weight excluding hydrogens is 260 g/mol. The summed E-state index contributed by atoms with van der Waals surface area (Å²) >= 11 is 0. The molecule has 0 amide bonds. The van der Waals surface area contributed by atoms with Gasteiger partial charge in [-0.2, -0.15) is 0 Å². The van der Waals surface area contributed by atoms with Crippen LogP contribution in [0.3, 0.4) is 0 Å². The summed E-state index contributed by atoms with van der Waals surface area (Å²) in [6.45, 7) is 4.94. The van der Waals surface area contributed by atoms with E-state index in [9.17, 15) is 0 Å².